The molecule has 0 aliphatic heterocycles. The molecular formula is C16H27N3O2. The van der Waals surface area contributed by atoms with Crippen molar-refractivity contribution in [1.29, 1.82) is 0 Å². The van der Waals surface area contributed by atoms with Crippen LogP contribution in [0.3, 0.4) is 0 Å². The Morgan fingerprint density at radius 3 is 2.62 bits per heavy atom. The van der Waals surface area contributed by atoms with E-state index in [-0.39, 0.29) is 5.92 Å². The molecule has 0 radical (unpaired) electrons. The van der Waals surface area contributed by atoms with Gasteiger partial charge in [0.1, 0.15) is 6.23 Å². The third-order valence-electron chi connectivity index (χ3n) is 4.26. The lowest BCUT2D eigenvalue weighted by molar-refractivity contribution is -0.0106. The van der Waals surface area contributed by atoms with Crippen LogP contribution in [0.4, 0.5) is 0 Å². The number of hydrogen-bond acceptors (Lipinski definition) is 5. The predicted molar refractivity (Wildman–Crippen MR) is 82.6 cm³/mol. The molecular weight excluding hydrogens is 266 g/mol. The largest absolute Gasteiger partial charge is 0.377 e. The molecule has 2 rings (SSSR count). The number of rotatable bonds is 9. The molecule has 1 aliphatic rings. The van der Waals surface area contributed by atoms with Gasteiger partial charge in [-0.25, -0.2) is 10.9 Å². The molecule has 5 nitrogen and oxygen atoms in total. The second kappa shape index (κ2) is 9.12. The highest BCUT2D eigenvalue weighted by Crippen LogP contribution is 2.30. The Balaban J connectivity index is 1.70. The first-order chi connectivity index (χ1) is 10.3. The minimum absolute atomic E-state index is 0.0638. The van der Waals surface area contributed by atoms with Crippen molar-refractivity contribution < 1.29 is 9.94 Å². The van der Waals surface area contributed by atoms with Crippen molar-refractivity contribution in [3.05, 3.63) is 35.9 Å². The molecule has 1 aromatic rings. The monoisotopic (exact) mass is 293 g/mol. The van der Waals surface area contributed by atoms with Crippen molar-refractivity contribution in [2.45, 2.75) is 44.9 Å². The van der Waals surface area contributed by atoms with Gasteiger partial charge in [-0.05, 0) is 17.9 Å². The Bertz CT molecular complexity index is 382. The summed E-state index contributed by atoms with van der Waals surface area (Å²) in [6.45, 7) is 1.11. The SMILES string of the molecule is NNC(O)C(CNOCc1ccccc1)CC1CCCC1. The number of aliphatic hydroxyl groups is 1. The van der Waals surface area contributed by atoms with Crippen molar-refractivity contribution in [3.63, 3.8) is 0 Å². The average Bonchev–Trinajstić information content (AvgIpc) is 3.03. The first-order valence-corrected chi connectivity index (χ1v) is 7.82. The van der Waals surface area contributed by atoms with Gasteiger partial charge >= 0.3 is 0 Å². The summed E-state index contributed by atoms with van der Waals surface area (Å²) in [4.78, 5) is 5.48. The Hall–Kier alpha value is -0.980. The normalized spacial score (nSPS) is 18.8. The Morgan fingerprint density at radius 1 is 1.24 bits per heavy atom. The topological polar surface area (TPSA) is 79.5 Å². The molecule has 1 aliphatic carbocycles. The molecule has 0 bridgehead atoms. The standard InChI is InChI=1S/C16H27N3O2/c17-19-16(20)15(10-13-6-4-5-7-13)11-18-21-12-14-8-2-1-3-9-14/h1-3,8-9,13,15-16,18-20H,4-7,10-12,17H2. The fourth-order valence-electron chi connectivity index (χ4n) is 3.01. The number of hydrogen-bond donors (Lipinski definition) is 4. The summed E-state index contributed by atoms with van der Waals surface area (Å²) in [5.74, 6) is 6.14. The van der Waals surface area contributed by atoms with Gasteiger partial charge in [-0.2, -0.15) is 0 Å². The smallest absolute Gasteiger partial charge is 0.121 e. The third kappa shape index (κ3) is 5.73. The van der Waals surface area contributed by atoms with Crippen LogP contribution in [0.25, 0.3) is 0 Å². The van der Waals surface area contributed by atoms with Crippen LogP contribution in [-0.2, 0) is 11.4 Å². The van der Waals surface area contributed by atoms with Gasteiger partial charge in [-0.1, -0.05) is 56.0 Å². The van der Waals surface area contributed by atoms with Gasteiger partial charge in [0, 0.05) is 12.5 Å². The first-order valence-electron chi connectivity index (χ1n) is 7.82. The van der Waals surface area contributed by atoms with Crippen LogP contribution in [0, 0.1) is 11.8 Å². The molecule has 0 aromatic heterocycles. The number of benzene rings is 1. The van der Waals surface area contributed by atoms with Crippen LogP contribution in [0.1, 0.15) is 37.7 Å². The summed E-state index contributed by atoms with van der Waals surface area (Å²) < 4.78 is 0. The van der Waals surface area contributed by atoms with Gasteiger partial charge in [-0.15, -0.1) is 0 Å². The molecule has 0 amide bonds. The van der Waals surface area contributed by atoms with E-state index in [0.29, 0.717) is 19.1 Å². The fourth-order valence-corrected chi connectivity index (χ4v) is 3.01. The zero-order chi connectivity index (χ0) is 14.9. The van der Waals surface area contributed by atoms with Crippen molar-refractivity contribution in [2.24, 2.45) is 17.7 Å². The van der Waals surface area contributed by atoms with E-state index in [2.05, 4.69) is 10.9 Å². The summed E-state index contributed by atoms with van der Waals surface area (Å²) >= 11 is 0. The van der Waals surface area contributed by atoms with Crippen LogP contribution in [0.15, 0.2) is 30.3 Å². The lowest BCUT2D eigenvalue weighted by atomic mass is 9.92. The second-order valence-electron chi connectivity index (χ2n) is 5.88. The summed E-state index contributed by atoms with van der Waals surface area (Å²) in [5, 5.41) is 9.96. The quantitative estimate of drug-likeness (QED) is 0.241. The number of nitrogens with two attached hydrogens (primary N) is 1. The predicted octanol–water partition coefficient (Wildman–Crippen LogP) is 1.69. The van der Waals surface area contributed by atoms with E-state index in [0.717, 1.165) is 12.0 Å². The summed E-state index contributed by atoms with van der Waals surface area (Å²) in [7, 11) is 0. The van der Waals surface area contributed by atoms with Crippen molar-refractivity contribution >= 4 is 0 Å². The van der Waals surface area contributed by atoms with Crippen LogP contribution < -0.4 is 16.7 Å². The lowest BCUT2D eigenvalue weighted by Gasteiger charge is -2.25. The summed E-state index contributed by atoms with van der Waals surface area (Å²) in [6.07, 6.45) is 5.42. The molecule has 5 N–H and O–H groups in total. The van der Waals surface area contributed by atoms with Gasteiger partial charge < -0.3 is 5.11 Å². The third-order valence-corrected chi connectivity index (χ3v) is 4.26. The minimum Gasteiger partial charge on any atom is -0.377 e. The average molecular weight is 293 g/mol. The van der Waals surface area contributed by atoms with Gasteiger partial charge in [0.15, 0.2) is 0 Å². The zero-order valence-electron chi connectivity index (χ0n) is 12.5. The fraction of sp³-hybridized carbons (Fsp3) is 0.625. The van der Waals surface area contributed by atoms with E-state index in [4.69, 9.17) is 10.7 Å². The molecule has 2 atom stereocenters. The van der Waals surface area contributed by atoms with E-state index in [1.165, 1.54) is 25.7 Å². The Kier molecular flexibility index (Phi) is 7.12. The van der Waals surface area contributed by atoms with Gasteiger partial charge in [0.05, 0.1) is 6.61 Å². The Morgan fingerprint density at radius 2 is 1.95 bits per heavy atom. The van der Waals surface area contributed by atoms with Crippen molar-refractivity contribution in [3.8, 4) is 0 Å². The highest BCUT2D eigenvalue weighted by atomic mass is 16.6. The number of aliphatic hydroxyl groups excluding tert-OH is 1. The van der Waals surface area contributed by atoms with Gasteiger partial charge in [0.2, 0.25) is 0 Å². The molecule has 1 saturated carbocycles. The van der Waals surface area contributed by atoms with E-state index < -0.39 is 6.23 Å². The minimum atomic E-state index is -0.696. The van der Waals surface area contributed by atoms with Crippen LogP contribution >= 0.6 is 0 Å². The van der Waals surface area contributed by atoms with E-state index >= 15 is 0 Å². The maximum Gasteiger partial charge on any atom is 0.121 e. The maximum absolute atomic E-state index is 9.96. The Labute approximate surface area is 126 Å². The second-order valence-corrected chi connectivity index (χ2v) is 5.88. The first kappa shape index (κ1) is 16.4. The molecule has 0 heterocycles. The van der Waals surface area contributed by atoms with Crippen molar-refractivity contribution in [1.82, 2.24) is 10.9 Å². The van der Waals surface area contributed by atoms with E-state index in [9.17, 15) is 5.11 Å². The van der Waals surface area contributed by atoms with E-state index in [1.54, 1.807) is 0 Å². The molecule has 21 heavy (non-hydrogen) atoms. The molecule has 1 fully saturated rings. The number of hydrazine groups is 1. The van der Waals surface area contributed by atoms with Crippen LogP contribution in [0.5, 0.6) is 0 Å². The molecule has 0 saturated heterocycles. The molecule has 5 heteroatoms. The molecule has 2 unspecified atom stereocenters. The van der Waals surface area contributed by atoms with Crippen molar-refractivity contribution in [2.75, 3.05) is 6.54 Å². The van der Waals surface area contributed by atoms with Gasteiger partial charge in [-0.3, -0.25) is 10.7 Å². The van der Waals surface area contributed by atoms with Crippen LogP contribution in [-0.4, -0.2) is 17.9 Å². The highest BCUT2D eigenvalue weighted by Gasteiger charge is 2.24. The molecule has 118 valence electrons. The molecule has 0 spiro atoms. The zero-order valence-corrected chi connectivity index (χ0v) is 12.5. The number of hydroxylamine groups is 1. The maximum atomic E-state index is 9.96. The van der Waals surface area contributed by atoms with Gasteiger partial charge in [0.25, 0.3) is 0 Å². The van der Waals surface area contributed by atoms with E-state index in [1.807, 2.05) is 30.3 Å². The lowest BCUT2D eigenvalue weighted by Crippen LogP contribution is -2.45. The highest BCUT2D eigenvalue weighted by molar-refractivity contribution is 5.13. The number of nitrogens with one attached hydrogen (secondary N) is 2. The summed E-state index contributed by atoms with van der Waals surface area (Å²) in [5.41, 5.74) is 6.55. The summed E-state index contributed by atoms with van der Waals surface area (Å²) in [6, 6.07) is 10.0. The van der Waals surface area contributed by atoms with Crippen LogP contribution in [0.2, 0.25) is 0 Å². The molecule has 1 aromatic carbocycles.